The predicted octanol–water partition coefficient (Wildman–Crippen LogP) is 2.67. The van der Waals surface area contributed by atoms with Gasteiger partial charge in [-0.25, -0.2) is 9.97 Å². The lowest BCUT2D eigenvalue weighted by Crippen LogP contribution is -1.97. The highest BCUT2D eigenvalue weighted by atomic mass is 35.5. The fourth-order valence-corrected chi connectivity index (χ4v) is 1.71. The summed E-state index contributed by atoms with van der Waals surface area (Å²) in [7, 11) is 1.56. The maximum absolute atomic E-state index is 5.85. The highest BCUT2D eigenvalue weighted by Gasteiger charge is 2.30. The summed E-state index contributed by atoms with van der Waals surface area (Å²) in [5.74, 6) is 1.02. The van der Waals surface area contributed by atoms with E-state index >= 15 is 0 Å². The molecule has 1 fully saturated rings. The molecule has 0 aromatic carbocycles. The van der Waals surface area contributed by atoms with Crippen molar-refractivity contribution in [1.29, 1.82) is 0 Å². The highest BCUT2D eigenvalue weighted by Crippen LogP contribution is 2.45. The van der Waals surface area contributed by atoms with Crippen molar-refractivity contribution in [2.75, 3.05) is 7.11 Å². The van der Waals surface area contributed by atoms with E-state index in [-0.39, 0.29) is 5.28 Å². The Morgan fingerprint density at radius 3 is 2.54 bits per heavy atom. The van der Waals surface area contributed by atoms with Gasteiger partial charge in [-0.2, -0.15) is 0 Å². The Hall–Kier alpha value is -0.540. The number of halogens is 2. The van der Waals surface area contributed by atoms with Crippen molar-refractivity contribution in [2.45, 2.75) is 18.8 Å². The third-order valence-electron chi connectivity index (χ3n) is 1.99. The van der Waals surface area contributed by atoms with Crippen molar-refractivity contribution >= 4 is 23.2 Å². The molecule has 0 atom stereocenters. The van der Waals surface area contributed by atoms with Crippen LogP contribution in [0.4, 0.5) is 0 Å². The number of rotatable bonds is 2. The van der Waals surface area contributed by atoms with Crippen molar-refractivity contribution in [3.8, 4) is 5.75 Å². The van der Waals surface area contributed by atoms with Gasteiger partial charge in [-0.1, -0.05) is 11.6 Å². The van der Waals surface area contributed by atoms with Gasteiger partial charge in [0.05, 0.1) is 12.8 Å². The monoisotopic (exact) mass is 218 g/mol. The minimum atomic E-state index is 0.188. The number of nitrogens with zero attached hydrogens (tertiary/aromatic N) is 2. The smallest absolute Gasteiger partial charge is 0.224 e. The van der Waals surface area contributed by atoms with E-state index in [9.17, 15) is 0 Å². The first-order valence-electron chi connectivity index (χ1n) is 3.99. The lowest BCUT2D eigenvalue weighted by Gasteiger charge is -2.07. The summed E-state index contributed by atoms with van der Waals surface area (Å²) >= 11 is 11.5. The number of hydrogen-bond acceptors (Lipinski definition) is 3. The van der Waals surface area contributed by atoms with Gasteiger partial charge in [-0.15, -0.1) is 0 Å². The number of aromatic nitrogens is 2. The SMILES string of the molecule is COc1c(Cl)nc(Cl)nc1C1CC1. The molecule has 2 rings (SSSR count). The molecular weight excluding hydrogens is 211 g/mol. The van der Waals surface area contributed by atoms with Gasteiger partial charge in [0.1, 0.15) is 0 Å². The van der Waals surface area contributed by atoms with Crippen LogP contribution >= 0.6 is 23.2 Å². The average Bonchev–Trinajstić information content (AvgIpc) is 2.85. The first kappa shape index (κ1) is 9.03. The molecule has 0 radical (unpaired) electrons. The highest BCUT2D eigenvalue weighted by molar-refractivity contribution is 6.32. The summed E-state index contributed by atoms with van der Waals surface area (Å²) in [6.07, 6.45) is 2.25. The summed E-state index contributed by atoms with van der Waals surface area (Å²) < 4.78 is 5.12. The average molecular weight is 219 g/mol. The topological polar surface area (TPSA) is 35.0 Å². The van der Waals surface area contributed by atoms with Crippen LogP contribution in [0, 0.1) is 0 Å². The number of hydrogen-bond donors (Lipinski definition) is 0. The Balaban J connectivity index is 2.50. The maximum atomic E-state index is 5.85. The summed E-state index contributed by atoms with van der Waals surface area (Å²) in [5, 5.41) is 0.483. The molecule has 1 heterocycles. The molecule has 1 aromatic heterocycles. The van der Waals surface area contributed by atoms with Crippen LogP contribution in [-0.2, 0) is 0 Å². The van der Waals surface area contributed by atoms with Gasteiger partial charge in [-0.05, 0) is 24.4 Å². The second-order valence-corrected chi connectivity index (χ2v) is 3.67. The fraction of sp³-hybridized carbons (Fsp3) is 0.500. The largest absolute Gasteiger partial charge is 0.492 e. The van der Waals surface area contributed by atoms with Crippen LogP contribution in [0.1, 0.15) is 24.5 Å². The zero-order valence-corrected chi connectivity index (χ0v) is 8.56. The van der Waals surface area contributed by atoms with Crippen LogP contribution in [0.2, 0.25) is 10.4 Å². The summed E-state index contributed by atoms with van der Waals surface area (Å²) in [6, 6.07) is 0. The maximum Gasteiger partial charge on any atom is 0.224 e. The molecule has 0 spiro atoms. The molecule has 0 unspecified atom stereocenters. The van der Waals surface area contributed by atoms with Gasteiger partial charge in [0.2, 0.25) is 5.28 Å². The van der Waals surface area contributed by atoms with Gasteiger partial charge in [-0.3, -0.25) is 0 Å². The van der Waals surface area contributed by atoms with Crippen molar-refractivity contribution in [3.05, 3.63) is 16.1 Å². The van der Waals surface area contributed by atoms with E-state index < -0.39 is 0 Å². The van der Waals surface area contributed by atoms with Crippen molar-refractivity contribution in [2.24, 2.45) is 0 Å². The van der Waals surface area contributed by atoms with E-state index in [1.807, 2.05) is 0 Å². The van der Waals surface area contributed by atoms with E-state index in [1.165, 1.54) is 0 Å². The third kappa shape index (κ3) is 1.71. The van der Waals surface area contributed by atoms with Gasteiger partial charge in [0, 0.05) is 5.92 Å². The van der Waals surface area contributed by atoms with Crippen LogP contribution in [0.25, 0.3) is 0 Å². The summed E-state index contributed by atoms with van der Waals surface area (Å²) in [6.45, 7) is 0. The Labute approximate surface area is 86.0 Å². The second kappa shape index (κ2) is 3.31. The normalized spacial score (nSPS) is 15.9. The van der Waals surface area contributed by atoms with Crippen molar-refractivity contribution in [3.63, 3.8) is 0 Å². The molecule has 5 heteroatoms. The Morgan fingerprint density at radius 1 is 1.31 bits per heavy atom. The van der Waals surface area contributed by atoms with Gasteiger partial charge in [0.15, 0.2) is 10.9 Å². The molecule has 0 N–H and O–H groups in total. The quantitative estimate of drug-likeness (QED) is 0.566. The fourth-order valence-electron chi connectivity index (χ4n) is 1.23. The number of methoxy groups -OCH3 is 1. The van der Waals surface area contributed by atoms with Crippen LogP contribution < -0.4 is 4.74 Å². The molecule has 1 aromatic rings. The third-order valence-corrected chi connectivity index (χ3v) is 2.42. The van der Waals surface area contributed by atoms with E-state index in [4.69, 9.17) is 27.9 Å². The van der Waals surface area contributed by atoms with Crippen molar-refractivity contribution in [1.82, 2.24) is 9.97 Å². The van der Waals surface area contributed by atoms with Crippen LogP contribution in [0.15, 0.2) is 0 Å². The van der Waals surface area contributed by atoms with Crippen LogP contribution in [-0.4, -0.2) is 17.1 Å². The molecule has 0 aliphatic heterocycles. The standard InChI is InChI=1S/C8H8Cl2N2O/c1-13-6-5(4-2-3-4)11-8(10)12-7(6)9/h4H,2-3H2,1H3. The van der Waals surface area contributed by atoms with Gasteiger partial charge in [0.25, 0.3) is 0 Å². The first-order chi connectivity index (χ1) is 6.22. The Bertz CT molecular complexity index is 339. The molecule has 1 aliphatic rings. The Morgan fingerprint density at radius 2 is 2.00 bits per heavy atom. The van der Waals surface area contributed by atoms with Gasteiger partial charge >= 0.3 is 0 Å². The Kier molecular flexibility index (Phi) is 2.30. The second-order valence-electron chi connectivity index (χ2n) is 2.98. The zero-order valence-electron chi connectivity index (χ0n) is 7.05. The molecule has 0 amide bonds. The van der Waals surface area contributed by atoms with E-state index in [1.54, 1.807) is 7.11 Å². The van der Waals surface area contributed by atoms with E-state index in [0.29, 0.717) is 16.8 Å². The summed E-state index contributed by atoms with van der Waals surface area (Å²) in [4.78, 5) is 7.92. The molecular formula is C8H8Cl2N2O. The lowest BCUT2D eigenvalue weighted by molar-refractivity contribution is 0.405. The van der Waals surface area contributed by atoms with E-state index in [2.05, 4.69) is 9.97 Å². The molecule has 1 saturated carbocycles. The predicted molar refractivity (Wildman–Crippen MR) is 50.6 cm³/mol. The molecule has 13 heavy (non-hydrogen) atoms. The summed E-state index contributed by atoms with van der Waals surface area (Å²) in [5.41, 5.74) is 0.840. The molecule has 70 valence electrons. The van der Waals surface area contributed by atoms with Gasteiger partial charge < -0.3 is 4.74 Å². The minimum absolute atomic E-state index is 0.188. The molecule has 3 nitrogen and oxygen atoms in total. The molecule has 1 aliphatic carbocycles. The molecule has 0 bridgehead atoms. The van der Waals surface area contributed by atoms with Crippen molar-refractivity contribution < 1.29 is 4.74 Å². The van der Waals surface area contributed by atoms with Crippen LogP contribution in [0.3, 0.4) is 0 Å². The zero-order chi connectivity index (χ0) is 9.42. The lowest BCUT2D eigenvalue weighted by atomic mass is 10.2. The minimum Gasteiger partial charge on any atom is -0.492 e. The van der Waals surface area contributed by atoms with E-state index in [0.717, 1.165) is 18.5 Å². The number of ether oxygens (including phenoxy) is 1. The molecule has 0 saturated heterocycles. The first-order valence-corrected chi connectivity index (χ1v) is 4.75. The van der Waals surface area contributed by atoms with Crippen LogP contribution in [0.5, 0.6) is 5.75 Å².